The van der Waals surface area contributed by atoms with Crippen molar-refractivity contribution in [3.8, 4) is 0 Å². The quantitative estimate of drug-likeness (QED) is 0.857. The van der Waals surface area contributed by atoms with Gasteiger partial charge in [-0.2, -0.15) is 0 Å². The number of nitrogens with one attached hydrogen (secondary N) is 1. The van der Waals surface area contributed by atoms with Crippen LogP contribution in [0.3, 0.4) is 0 Å². The van der Waals surface area contributed by atoms with Crippen molar-refractivity contribution >= 4 is 28.2 Å². The number of benzene rings is 1. The van der Waals surface area contributed by atoms with Gasteiger partial charge in [-0.05, 0) is 7.05 Å². The van der Waals surface area contributed by atoms with Crippen LogP contribution in [-0.2, 0) is 17.8 Å². The van der Waals surface area contributed by atoms with Crippen molar-refractivity contribution in [3.63, 3.8) is 0 Å². The van der Waals surface area contributed by atoms with Crippen LogP contribution in [0.15, 0.2) is 30.3 Å². The first-order chi connectivity index (χ1) is 11.1. The molecule has 1 aliphatic heterocycles. The predicted octanol–water partition coefficient (Wildman–Crippen LogP) is 2.73. The van der Waals surface area contributed by atoms with Gasteiger partial charge in [0.25, 0.3) is 0 Å². The molecular weight excluding hydrogens is 310 g/mol. The summed E-state index contributed by atoms with van der Waals surface area (Å²) in [5.41, 5.74) is 1.73. The molecule has 0 aliphatic carbocycles. The van der Waals surface area contributed by atoms with E-state index in [0.717, 1.165) is 25.2 Å². The minimum atomic E-state index is -0.159. The zero-order chi connectivity index (χ0) is 16.2. The third-order valence-electron chi connectivity index (χ3n) is 3.84. The summed E-state index contributed by atoms with van der Waals surface area (Å²) in [5.74, 6) is -0.172. The summed E-state index contributed by atoms with van der Waals surface area (Å²) >= 11 is 1.53. The van der Waals surface area contributed by atoms with Crippen LogP contribution in [-0.4, -0.2) is 35.2 Å². The van der Waals surface area contributed by atoms with E-state index in [-0.39, 0.29) is 24.5 Å². The number of amides is 1. The van der Waals surface area contributed by atoms with E-state index in [4.69, 9.17) is 0 Å². The van der Waals surface area contributed by atoms with Crippen LogP contribution in [0.25, 0.3) is 0 Å². The highest BCUT2D eigenvalue weighted by Gasteiger charge is 2.19. The fourth-order valence-electron chi connectivity index (χ4n) is 2.55. The molecule has 0 saturated heterocycles. The van der Waals surface area contributed by atoms with E-state index in [1.807, 2.05) is 18.2 Å². The molecule has 1 amide bonds. The van der Waals surface area contributed by atoms with Crippen molar-refractivity contribution < 1.29 is 9.59 Å². The maximum Gasteiger partial charge on any atom is 0.226 e. The Morgan fingerprint density at radius 2 is 2.04 bits per heavy atom. The summed E-state index contributed by atoms with van der Waals surface area (Å²) in [7, 11) is 2.08. The zero-order valence-electron chi connectivity index (χ0n) is 13.0. The molecule has 1 aromatic carbocycles. The summed E-state index contributed by atoms with van der Waals surface area (Å²) < 4.78 is 0. The van der Waals surface area contributed by atoms with E-state index in [9.17, 15) is 9.59 Å². The highest BCUT2D eigenvalue weighted by molar-refractivity contribution is 7.15. The third-order valence-corrected chi connectivity index (χ3v) is 4.84. The number of carbonyl (C=O) groups excluding carboxylic acids is 2. The zero-order valence-corrected chi connectivity index (χ0v) is 13.9. The van der Waals surface area contributed by atoms with Crippen LogP contribution >= 0.6 is 11.3 Å². The number of thiazole rings is 1. The summed E-state index contributed by atoms with van der Waals surface area (Å²) in [6.45, 7) is 1.88. The Bertz CT molecular complexity index is 712. The Labute approximate surface area is 139 Å². The molecule has 0 atom stereocenters. The molecule has 3 rings (SSSR count). The van der Waals surface area contributed by atoms with Crippen molar-refractivity contribution in [2.24, 2.45) is 0 Å². The van der Waals surface area contributed by atoms with Crippen molar-refractivity contribution in [1.29, 1.82) is 0 Å². The molecule has 1 N–H and O–H groups in total. The fourth-order valence-corrected chi connectivity index (χ4v) is 3.66. The SMILES string of the molecule is CN1CCc2nc(NC(=O)CCC(=O)c3ccccc3)sc2C1. The van der Waals surface area contributed by atoms with Gasteiger partial charge in [-0.3, -0.25) is 9.59 Å². The minimum Gasteiger partial charge on any atom is -0.302 e. The van der Waals surface area contributed by atoms with E-state index in [1.165, 1.54) is 16.2 Å². The first-order valence-corrected chi connectivity index (χ1v) is 8.48. The number of carbonyl (C=O) groups is 2. The standard InChI is InChI=1S/C17H19N3O2S/c1-20-10-9-13-15(11-20)23-17(18-13)19-16(22)8-7-14(21)12-5-3-2-4-6-12/h2-6H,7-11H2,1H3,(H,18,19,22). The number of nitrogens with zero attached hydrogens (tertiary/aromatic N) is 2. The number of Topliss-reactive ketones (excluding diaryl/α,β-unsaturated/α-hetero) is 1. The van der Waals surface area contributed by atoms with Crippen LogP contribution in [0.2, 0.25) is 0 Å². The largest absolute Gasteiger partial charge is 0.302 e. The lowest BCUT2D eigenvalue weighted by atomic mass is 10.1. The second-order valence-corrected chi connectivity index (χ2v) is 6.80. The number of aromatic nitrogens is 1. The summed E-state index contributed by atoms with van der Waals surface area (Å²) in [5, 5.41) is 3.46. The van der Waals surface area contributed by atoms with Crippen molar-refractivity contribution in [1.82, 2.24) is 9.88 Å². The molecule has 5 nitrogen and oxygen atoms in total. The predicted molar refractivity (Wildman–Crippen MR) is 90.8 cm³/mol. The second kappa shape index (κ2) is 7.02. The number of hydrogen-bond acceptors (Lipinski definition) is 5. The fraction of sp³-hybridized carbons (Fsp3) is 0.353. The maximum absolute atomic E-state index is 12.0. The second-order valence-electron chi connectivity index (χ2n) is 5.71. The van der Waals surface area contributed by atoms with Gasteiger partial charge in [-0.1, -0.05) is 30.3 Å². The first kappa shape index (κ1) is 15.8. The lowest BCUT2D eigenvalue weighted by Gasteiger charge is -2.20. The Morgan fingerprint density at radius 1 is 1.26 bits per heavy atom. The molecule has 2 heterocycles. The summed E-state index contributed by atoms with van der Waals surface area (Å²) in [4.78, 5) is 32.0. The molecule has 0 spiro atoms. The number of hydrogen-bond donors (Lipinski definition) is 1. The van der Waals surface area contributed by atoms with Gasteiger partial charge in [0.05, 0.1) is 5.69 Å². The smallest absolute Gasteiger partial charge is 0.226 e. The number of ketones is 1. The first-order valence-electron chi connectivity index (χ1n) is 7.67. The van der Waals surface area contributed by atoms with Crippen LogP contribution in [0.1, 0.15) is 33.8 Å². The van der Waals surface area contributed by atoms with Gasteiger partial charge in [0.1, 0.15) is 0 Å². The number of fused-ring (bicyclic) bond motifs is 1. The summed E-state index contributed by atoms with van der Waals surface area (Å²) in [6, 6.07) is 9.05. The van der Waals surface area contributed by atoms with Gasteiger partial charge >= 0.3 is 0 Å². The number of rotatable bonds is 5. The van der Waals surface area contributed by atoms with E-state index >= 15 is 0 Å². The monoisotopic (exact) mass is 329 g/mol. The molecule has 23 heavy (non-hydrogen) atoms. The van der Waals surface area contributed by atoms with Crippen molar-refractivity contribution in [2.75, 3.05) is 18.9 Å². The van der Waals surface area contributed by atoms with E-state index < -0.39 is 0 Å². The number of anilines is 1. The Balaban J connectivity index is 1.53. The van der Waals surface area contributed by atoms with Gasteiger partial charge in [-0.15, -0.1) is 11.3 Å². The average Bonchev–Trinajstić information content (AvgIpc) is 2.94. The Morgan fingerprint density at radius 3 is 2.83 bits per heavy atom. The van der Waals surface area contributed by atoms with E-state index in [2.05, 4.69) is 22.2 Å². The van der Waals surface area contributed by atoms with E-state index in [1.54, 1.807) is 12.1 Å². The molecule has 0 fully saturated rings. The maximum atomic E-state index is 12.0. The summed E-state index contributed by atoms with van der Waals surface area (Å²) in [6.07, 6.45) is 1.31. The van der Waals surface area contributed by atoms with Crippen LogP contribution in [0.5, 0.6) is 0 Å². The topological polar surface area (TPSA) is 62.3 Å². The van der Waals surface area contributed by atoms with Gasteiger partial charge in [-0.25, -0.2) is 4.98 Å². The molecule has 120 valence electrons. The normalized spacial score (nSPS) is 14.3. The Kier molecular flexibility index (Phi) is 4.83. The van der Waals surface area contributed by atoms with Gasteiger partial charge < -0.3 is 10.2 Å². The van der Waals surface area contributed by atoms with Crippen molar-refractivity contribution in [2.45, 2.75) is 25.8 Å². The molecule has 0 saturated carbocycles. The van der Waals surface area contributed by atoms with Crippen LogP contribution in [0, 0.1) is 0 Å². The van der Waals surface area contributed by atoms with Crippen LogP contribution in [0.4, 0.5) is 5.13 Å². The van der Waals surface area contributed by atoms with Crippen molar-refractivity contribution in [3.05, 3.63) is 46.5 Å². The molecule has 6 heteroatoms. The minimum absolute atomic E-state index is 0.0131. The third kappa shape index (κ3) is 4.03. The molecule has 0 unspecified atom stereocenters. The number of likely N-dealkylation sites (N-methyl/N-ethyl adjacent to an activating group) is 1. The Hall–Kier alpha value is -2.05. The molecule has 2 aromatic rings. The lowest BCUT2D eigenvalue weighted by Crippen LogP contribution is -2.25. The highest BCUT2D eigenvalue weighted by Crippen LogP contribution is 2.27. The van der Waals surface area contributed by atoms with Gasteiger partial charge in [0.15, 0.2) is 10.9 Å². The van der Waals surface area contributed by atoms with Crippen LogP contribution < -0.4 is 5.32 Å². The van der Waals surface area contributed by atoms with Gasteiger partial charge in [0, 0.05) is 42.8 Å². The van der Waals surface area contributed by atoms with E-state index in [0.29, 0.717) is 10.7 Å². The molecule has 0 bridgehead atoms. The average molecular weight is 329 g/mol. The van der Waals surface area contributed by atoms with Gasteiger partial charge in [0.2, 0.25) is 5.91 Å². The molecule has 0 radical (unpaired) electrons. The molecule has 1 aromatic heterocycles. The lowest BCUT2D eigenvalue weighted by molar-refractivity contribution is -0.116. The molecule has 1 aliphatic rings. The molecular formula is C17H19N3O2S. The highest BCUT2D eigenvalue weighted by atomic mass is 32.1.